The molecule has 1 aromatic carbocycles. The normalized spacial score (nSPS) is 31.9. The van der Waals surface area contributed by atoms with Crippen LogP contribution in [0.4, 0.5) is 5.69 Å². The predicted octanol–water partition coefficient (Wildman–Crippen LogP) is 2.91. The molecule has 2 bridgehead atoms. The van der Waals surface area contributed by atoms with Gasteiger partial charge in [0.15, 0.2) is 0 Å². The van der Waals surface area contributed by atoms with Gasteiger partial charge in [0.2, 0.25) is 17.7 Å². The number of carbonyl (C=O) groups excluding carboxylic acids is 3. The molecule has 1 aromatic rings. The molecule has 3 amide bonds. The van der Waals surface area contributed by atoms with E-state index in [0.29, 0.717) is 30.5 Å². The number of ether oxygens (including phenoxy) is 2. The third-order valence-corrected chi connectivity index (χ3v) is 9.70. The zero-order chi connectivity index (χ0) is 27.9. The van der Waals surface area contributed by atoms with Crippen molar-refractivity contribution in [2.24, 2.45) is 11.8 Å². The maximum absolute atomic E-state index is 14.1. The Morgan fingerprint density at radius 3 is 2.62 bits per heavy atom. The van der Waals surface area contributed by atoms with Gasteiger partial charge in [0.05, 0.1) is 31.2 Å². The smallest absolute Gasteiger partial charge is 0.246 e. The number of halogens is 1. The first-order valence-electron chi connectivity index (χ1n) is 14.7. The number of benzene rings is 1. The van der Waals surface area contributed by atoms with Crippen molar-refractivity contribution in [1.29, 1.82) is 0 Å². The summed E-state index contributed by atoms with van der Waals surface area (Å²) >= 11 is 6.29. The van der Waals surface area contributed by atoms with Crippen molar-refractivity contribution in [2.45, 2.75) is 69.2 Å². The number of fused-ring (bicyclic) bond motifs is 1. The second kappa shape index (κ2) is 11.4. The molecular weight excluding hydrogens is 532 g/mol. The van der Waals surface area contributed by atoms with Gasteiger partial charge in [-0.15, -0.1) is 0 Å². The molecule has 2 N–H and O–H groups in total. The van der Waals surface area contributed by atoms with E-state index in [-0.39, 0.29) is 23.8 Å². The summed E-state index contributed by atoms with van der Waals surface area (Å²) in [6.45, 7) is 6.30. The van der Waals surface area contributed by atoms with Crippen molar-refractivity contribution in [3.63, 3.8) is 0 Å². The van der Waals surface area contributed by atoms with E-state index in [1.165, 1.54) is 6.42 Å². The quantitative estimate of drug-likeness (QED) is 0.466. The fourth-order valence-electron chi connectivity index (χ4n) is 7.22. The van der Waals surface area contributed by atoms with Crippen LogP contribution in [0.3, 0.4) is 0 Å². The highest BCUT2D eigenvalue weighted by Crippen LogP contribution is 2.55. The third kappa shape index (κ3) is 5.06. The van der Waals surface area contributed by atoms with E-state index >= 15 is 0 Å². The first-order chi connectivity index (χ1) is 19.4. The fraction of sp³-hybridized carbons (Fsp3) is 0.633. The number of nitrogens with zero attached hydrogens (tertiary/aromatic N) is 2. The number of morpholine rings is 1. The summed E-state index contributed by atoms with van der Waals surface area (Å²) in [5, 5.41) is 6.75. The minimum Gasteiger partial charge on any atom is -0.379 e. The van der Waals surface area contributed by atoms with E-state index < -0.39 is 29.6 Å². The molecule has 40 heavy (non-hydrogen) atoms. The first kappa shape index (κ1) is 27.7. The summed E-state index contributed by atoms with van der Waals surface area (Å²) in [4.78, 5) is 45.7. The Kier molecular flexibility index (Phi) is 7.92. The Morgan fingerprint density at radius 2 is 1.88 bits per heavy atom. The van der Waals surface area contributed by atoms with Crippen LogP contribution in [0.2, 0.25) is 5.02 Å². The average molecular weight is 571 g/mol. The number of anilines is 1. The van der Waals surface area contributed by atoms with Gasteiger partial charge >= 0.3 is 0 Å². The highest BCUT2D eigenvalue weighted by Gasteiger charge is 2.72. The van der Waals surface area contributed by atoms with E-state index in [0.717, 1.165) is 57.3 Å². The number of hydrogen-bond acceptors (Lipinski definition) is 6. The molecule has 4 heterocycles. The molecule has 216 valence electrons. The number of amides is 3. The van der Waals surface area contributed by atoms with Crippen LogP contribution >= 0.6 is 11.6 Å². The maximum atomic E-state index is 14.1. The monoisotopic (exact) mass is 570 g/mol. The SMILES string of the molecule is Cc1ccc(NC(=O)[C@@H]2[C@@H]3C=C[C@]4(O3)[C@@H]2C(=O)N(CCCN2CCOCC2)[C@@H]4C(=O)NC2CCCCC2)cc1Cl. The zero-order valence-electron chi connectivity index (χ0n) is 23.1. The lowest BCUT2D eigenvalue weighted by Crippen LogP contribution is -2.56. The summed E-state index contributed by atoms with van der Waals surface area (Å²) in [5.74, 6) is -2.14. The number of hydrogen-bond donors (Lipinski definition) is 2. The van der Waals surface area contributed by atoms with Crippen LogP contribution < -0.4 is 10.6 Å². The molecular formula is C30H39ClN4O5. The minimum absolute atomic E-state index is 0.106. The van der Waals surface area contributed by atoms with Gasteiger partial charge in [-0.1, -0.05) is 49.1 Å². The molecule has 4 fully saturated rings. The van der Waals surface area contributed by atoms with Crippen LogP contribution in [0.25, 0.3) is 0 Å². The summed E-state index contributed by atoms with van der Waals surface area (Å²) in [6, 6.07) is 4.66. The predicted molar refractivity (Wildman–Crippen MR) is 151 cm³/mol. The molecule has 0 aromatic heterocycles. The van der Waals surface area contributed by atoms with Crippen LogP contribution in [0.1, 0.15) is 44.1 Å². The number of aryl methyl sites for hydroxylation is 1. The molecule has 1 spiro atoms. The largest absolute Gasteiger partial charge is 0.379 e. The standard InChI is InChI=1S/C30H39ClN4O5/c1-19-8-9-21(18-22(19)31)33-27(36)24-23-10-11-30(40-23)25(24)29(38)35(13-5-12-34-14-16-39-17-15-34)26(30)28(37)32-20-6-3-2-4-7-20/h8-11,18,20,23-26H,2-7,12-17H2,1H3,(H,32,37)(H,33,36)/t23-,24+,25-,26+,30-/m0/s1. The summed E-state index contributed by atoms with van der Waals surface area (Å²) in [7, 11) is 0. The summed E-state index contributed by atoms with van der Waals surface area (Å²) < 4.78 is 11.9. The van der Waals surface area contributed by atoms with Crippen LogP contribution in [0, 0.1) is 18.8 Å². The molecule has 9 nitrogen and oxygen atoms in total. The molecule has 10 heteroatoms. The van der Waals surface area contributed by atoms with E-state index in [1.54, 1.807) is 17.0 Å². The van der Waals surface area contributed by atoms with Crippen LogP contribution in [0.5, 0.6) is 0 Å². The van der Waals surface area contributed by atoms with Crippen molar-refractivity contribution in [2.75, 3.05) is 44.7 Å². The lowest BCUT2D eigenvalue weighted by Gasteiger charge is -2.34. The number of carbonyl (C=O) groups is 3. The van der Waals surface area contributed by atoms with Crippen molar-refractivity contribution in [3.05, 3.63) is 40.9 Å². The third-order valence-electron chi connectivity index (χ3n) is 9.29. The molecule has 5 aliphatic rings. The highest BCUT2D eigenvalue weighted by atomic mass is 35.5. The lowest BCUT2D eigenvalue weighted by molar-refractivity contribution is -0.141. The minimum atomic E-state index is -1.15. The van der Waals surface area contributed by atoms with Gasteiger partial charge in [-0.2, -0.15) is 0 Å². The second-order valence-corrected chi connectivity index (χ2v) is 12.2. The molecule has 1 aliphatic carbocycles. The van der Waals surface area contributed by atoms with Gasteiger partial charge in [-0.05, 0) is 43.9 Å². The van der Waals surface area contributed by atoms with Gasteiger partial charge in [0, 0.05) is 42.9 Å². The van der Waals surface area contributed by atoms with E-state index in [9.17, 15) is 14.4 Å². The maximum Gasteiger partial charge on any atom is 0.246 e. The molecule has 0 radical (unpaired) electrons. The highest BCUT2D eigenvalue weighted by molar-refractivity contribution is 6.31. The Morgan fingerprint density at radius 1 is 1.10 bits per heavy atom. The van der Waals surface area contributed by atoms with Crippen LogP contribution in [-0.2, 0) is 23.9 Å². The molecule has 4 aliphatic heterocycles. The Labute approximate surface area is 240 Å². The Balaban J connectivity index is 1.24. The van der Waals surface area contributed by atoms with Gasteiger partial charge in [-0.3, -0.25) is 19.3 Å². The first-order valence-corrected chi connectivity index (χ1v) is 15.1. The Hall–Kier alpha value is -2.46. The van der Waals surface area contributed by atoms with Crippen molar-refractivity contribution in [3.8, 4) is 0 Å². The van der Waals surface area contributed by atoms with Gasteiger partial charge in [-0.25, -0.2) is 0 Å². The van der Waals surface area contributed by atoms with E-state index in [1.807, 2.05) is 25.1 Å². The fourth-order valence-corrected chi connectivity index (χ4v) is 7.40. The van der Waals surface area contributed by atoms with Crippen molar-refractivity contribution in [1.82, 2.24) is 15.1 Å². The molecule has 1 saturated carbocycles. The lowest BCUT2D eigenvalue weighted by atomic mass is 9.74. The van der Waals surface area contributed by atoms with Gasteiger partial charge in [0.1, 0.15) is 11.6 Å². The topological polar surface area (TPSA) is 100 Å². The number of rotatable bonds is 8. The van der Waals surface area contributed by atoms with Crippen molar-refractivity contribution >= 4 is 35.0 Å². The van der Waals surface area contributed by atoms with Gasteiger partial charge < -0.3 is 25.0 Å². The van der Waals surface area contributed by atoms with E-state index in [4.69, 9.17) is 21.1 Å². The molecule has 6 rings (SSSR count). The molecule has 5 atom stereocenters. The van der Waals surface area contributed by atoms with Crippen LogP contribution in [-0.4, -0.2) is 90.7 Å². The number of likely N-dealkylation sites (tertiary alicyclic amines) is 1. The average Bonchev–Trinajstić information content (AvgIpc) is 3.59. The second-order valence-electron chi connectivity index (χ2n) is 11.8. The van der Waals surface area contributed by atoms with Crippen LogP contribution in [0.15, 0.2) is 30.4 Å². The number of nitrogens with one attached hydrogen (secondary N) is 2. The zero-order valence-corrected chi connectivity index (χ0v) is 23.8. The summed E-state index contributed by atoms with van der Waals surface area (Å²) in [6.07, 6.45) is 9.17. The van der Waals surface area contributed by atoms with E-state index in [2.05, 4.69) is 15.5 Å². The summed E-state index contributed by atoms with van der Waals surface area (Å²) in [5.41, 5.74) is 0.336. The molecule has 0 unspecified atom stereocenters. The molecule has 3 saturated heterocycles. The Bertz CT molecular complexity index is 1180. The van der Waals surface area contributed by atoms with Crippen molar-refractivity contribution < 1.29 is 23.9 Å². The van der Waals surface area contributed by atoms with Gasteiger partial charge in [0.25, 0.3) is 0 Å².